The predicted octanol–water partition coefficient (Wildman–Crippen LogP) is 3.51. The minimum atomic E-state index is 0.262. The molecule has 0 spiro atoms. The molecule has 0 bridgehead atoms. The van der Waals surface area contributed by atoms with Crippen LogP contribution in [0.2, 0.25) is 0 Å². The first kappa shape index (κ1) is 18.0. The molecule has 0 aliphatic carbocycles. The fraction of sp³-hybridized carbons (Fsp3) is 0.412. The second-order valence-corrected chi connectivity index (χ2v) is 7.74. The van der Waals surface area contributed by atoms with E-state index in [1.165, 1.54) is 4.88 Å². The van der Waals surface area contributed by atoms with E-state index in [-0.39, 0.29) is 6.79 Å². The fourth-order valence-electron chi connectivity index (χ4n) is 2.53. The first-order valence-electron chi connectivity index (χ1n) is 8.10. The zero-order valence-electron chi connectivity index (χ0n) is 14.5. The van der Waals surface area contributed by atoms with E-state index in [0.717, 1.165) is 44.7 Å². The smallest absolute Gasteiger partial charge is 0.231 e. The number of halogens is 1. The van der Waals surface area contributed by atoms with Crippen molar-refractivity contribution >= 4 is 33.2 Å². The van der Waals surface area contributed by atoms with Crippen LogP contribution in [0, 0.1) is 13.8 Å². The molecule has 1 aliphatic heterocycles. The summed E-state index contributed by atoms with van der Waals surface area (Å²) in [5, 5.41) is 7.73. The Morgan fingerprint density at radius 2 is 2.16 bits per heavy atom. The summed E-state index contributed by atoms with van der Waals surface area (Å²) in [6.45, 7) is 8.44. The summed E-state index contributed by atoms with van der Waals surface area (Å²) in [4.78, 5) is 10.4. The lowest BCUT2D eigenvalue weighted by atomic mass is 10.2. The number of guanidine groups is 1. The quantitative estimate of drug-likeness (QED) is 0.567. The summed E-state index contributed by atoms with van der Waals surface area (Å²) in [6.07, 6.45) is 0. The van der Waals surface area contributed by atoms with Gasteiger partial charge in [-0.3, -0.25) is 0 Å². The third-order valence-corrected chi connectivity index (χ3v) is 5.33. The Morgan fingerprint density at radius 3 is 2.88 bits per heavy atom. The maximum Gasteiger partial charge on any atom is 0.231 e. The van der Waals surface area contributed by atoms with Crippen molar-refractivity contribution in [2.75, 3.05) is 13.3 Å². The molecule has 25 heavy (non-hydrogen) atoms. The van der Waals surface area contributed by atoms with Gasteiger partial charge in [0, 0.05) is 11.4 Å². The number of aliphatic imine (C=N–C) groups is 1. The number of aromatic nitrogens is 1. The van der Waals surface area contributed by atoms with Crippen molar-refractivity contribution in [1.82, 2.24) is 15.6 Å². The molecule has 8 heteroatoms. The topological polar surface area (TPSA) is 67.8 Å². The molecule has 1 aromatic heterocycles. The summed E-state index contributed by atoms with van der Waals surface area (Å²) >= 11 is 5.23. The van der Waals surface area contributed by atoms with Gasteiger partial charge in [-0.2, -0.15) is 0 Å². The Morgan fingerprint density at radius 1 is 1.32 bits per heavy atom. The van der Waals surface area contributed by atoms with Crippen LogP contribution in [-0.4, -0.2) is 24.3 Å². The van der Waals surface area contributed by atoms with Gasteiger partial charge in [0.05, 0.1) is 28.3 Å². The lowest BCUT2D eigenvalue weighted by molar-refractivity contribution is 0.173. The van der Waals surface area contributed by atoms with E-state index in [1.807, 2.05) is 26.0 Å². The number of benzene rings is 1. The van der Waals surface area contributed by atoms with Gasteiger partial charge < -0.3 is 20.1 Å². The van der Waals surface area contributed by atoms with Gasteiger partial charge in [0.15, 0.2) is 17.5 Å². The zero-order valence-corrected chi connectivity index (χ0v) is 16.9. The average Bonchev–Trinajstić information content (AvgIpc) is 3.16. The maximum absolute atomic E-state index is 5.46. The maximum atomic E-state index is 5.46. The molecule has 3 rings (SSSR count). The highest BCUT2D eigenvalue weighted by molar-refractivity contribution is 9.10. The molecule has 134 valence electrons. The van der Waals surface area contributed by atoms with Crippen molar-refractivity contribution in [2.24, 2.45) is 4.99 Å². The molecule has 0 saturated heterocycles. The number of rotatable bonds is 5. The van der Waals surface area contributed by atoms with Crippen LogP contribution in [0.1, 0.15) is 28.1 Å². The van der Waals surface area contributed by atoms with E-state index >= 15 is 0 Å². The number of thiazole rings is 1. The minimum absolute atomic E-state index is 0.262. The van der Waals surface area contributed by atoms with Crippen molar-refractivity contribution in [1.29, 1.82) is 0 Å². The molecular formula is C17H21BrN4O2S. The number of nitrogens with one attached hydrogen (secondary N) is 2. The normalized spacial score (nSPS) is 13.2. The number of hydrogen-bond acceptors (Lipinski definition) is 5. The molecule has 0 radical (unpaired) electrons. The van der Waals surface area contributed by atoms with Gasteiger partial charge in [-0.15, -0.1) is 11.3 Å². The minimum Gasteiger partial charge on any atom is -0.454 e. The van der Waals surface area contributed by atoms with Gasteiger partial charge in [-0.05, 0) is 54.4 Å². The molecule has 0 atom stereocenters. The molecular weight excluding hydrogens is 404 g/mol. The SMILES string of the molecule is CCNC(=NCc1cc(Br)c2c(c1)OCO2)NCc1sc(C)nc1C. The summed E-state index contributed by atoms with van der Waals surface area (Å²) in [5.41, 5.74) is 2.13. The molecule has 1 aliphatic rings. The molecule has 6 nitrogen and oxygen atoms in total. The predicted molar refractivity (Wildman–Crippen MR) is 104 cm³/mol. The van der Waals surface area contributed by atoms with Gasteiger partial charge in [0.25, 0.3) is 0 Å². The molecule has 0 saturated carbocycles. The van der Waals surface area contributed by atoms with E-state index in [2.05, 4.69) is 43.5 Å². The van der Waals surface area contributed by atoms with Crippen LogP contribution in [0.5, 0.6) is 11.5 Å². The number of aryl methyl sites for hydroxylation is 2. The van der Waals surface area contributed by atoms with Crippen LogP contribution in [0.3, 0.4) is 0 Å². The summed E-state index contributed by atoms with van der Waals surface area (Å²) in [6, 6.07) is 3.98. The largest absolute Gasteiger partial charge is 0.454 e. The molecule has 1 aromatic carbocycles. The third kappa shape index (κ3) is 4.43. The lowest BCUT2D eigenvalue weighted by Crippen LogP contribution is -2.36. The number of nitrogens with zero attached hydrogens (tertiary/aromatic N) is 2. The average molecular weight is 425 g/mol. The summed E-state index contributed by atoms with van der Waals surface area (Å²) in [7, 11) is 0. The van der Waals surface area contributed by atoms with Crippen LogP contribution in [0.4, 0.5) is 0 Å². The van der Waals surface area contributed by atoms with Gasteiger partial charge in [-0.25, -0.2) is 9.98 Å². The Labute approximate surface area is 159 Å². The Balaban J connectivity index is 1.68. The van der Waals surface area contributed by atoms with Gasteiger partial charge in [0.1, 0.15) is 0 Å². The first-order valence-corrected chi connectivity index (χ1v) is 9.71. The van der Waals surface area contributed by atoms with E-state index in [9.17, 15) is 0 Å². The lowest BCUT2D eigenvalue weighted by Gasteiger charge is -2.11. The van der Waals surface area contributed by atoms with E-state index in [0.29, 0.717) is 13.1 Å². The molecule has 2 N–H and O–H groups in total. The second-order valence-electron chi connectivity index (χ2n) is 5.60. The molecule has 0 fully saturated rings. The first-order chi connectivity index (χ1) is 12.1. The van der Waals surface area contributed by atoms with E-state index in [1.54, 1.807) is 11.3 Å². The Hall–Kier alpha value is -1.80. The third-order valence-electron chi connectivity index (χ3n) is 3.67. The summed E-state index contributed by atoms with van der Waals surface area (Å²) in [5.74, 6) is 2.30. The van der Waals surface area contributed by atoms with Gasteiger partial charge in [-0.1, -0.05) is 0 Å². The number of hydrogen-bond donors (Lipinski definition) is 2. The zero-order chi connectivity index (χ0) is 17.8. The highest BCUT2D eigenvalue weighted by Gasteiger charge is 2.17. The number of ether oxygens (including phenoxy) is 2. The molecule has 2 heterocycles. The van der Waals surface area contributed by atoms with E-state index < -0.39 is 0 Å². The van der Waals surface area contributed by atoms with Crippen molar-refractivity contribution in [3.63, 3.8) is 0 Å². The van der Waals surface area contributed by atoms with E-state index in [4.69, 9.17) is 9.47 Å². The molecule has 2 aromatic rings. The van der Waals surface area contributed by atoms with Gasteiger partial charge in [0.2, 0.25) is 6.79 Å². The second kappa shape index (κ2) is 8.05. The van der Waals surface area contributed by atoms with Crippen LogP contribution >= 0.6 is 27.3 Å². The highest BCUT2D eigenvalue weighted by atomic mass is 79.9. The monoisotopic (exact) mass is 424 g/mol. The van der Waals surface area contributed by atoms with Crippen LogP contribution in [0.15, 0.2) is 21.6 Å². The van der Waals surface area contributed by atoms with Crippen molar-refractivity contribution in [2.45, 2.75) is 33.9 Å². The number of fused-ring (bicyclic) bond motifs is 1. The van der Waals surface area contributed by atoms with Crippen molar-refractivity contribution < 1.29 is 9.47 Å². The Kier molecular flexibility index (Phi) is 5.80. The molecule has 0 amide bonds. The Bertz CT molecular complexity index is 791. The highest BCUT2D eigenvalue weighted by Crippen LogP contribution is 2.40. The van der Waals surface area contributed by atoms with Crippen molar-refractivity contribution in [3.8, 4) is 11.5 Å². The fourth-order valence-corrected chi connectivity index (χ4v) is 4.01. The van der Waals surface area contributed by atoms with Crippen molar-refractivity contribution in [3.05, 3.63) is 37.7 Å². The molecule has 0 unspecified atom stereocenters. The van der Waals surface area contributed by atoms with Crippen LogP contribution in [-0.2, 0) is 13.1 Å². The summed E-state index contributed by atoms with van der Waals surface area (Å²) < 4.78 is 11.8. The van der Waals surface area contributed by atoms with Crippen LogP contribution in [0.25, 0.3) is 0 Å². The van der Waals surface area contributed by atoms with Gasteiger partial charge >= 0.3 is 0 Å². The van der Waals surface area contributed by atoms with Crippen LogP contribution < -0.4 is 20.1 Å². The standard InChI is InChI=1S/C17H21BrN4O2S/c1-4-19-17(21-8-15-10(2)22-11(3)25-15)20-7-12-5-13(18)16-14(6-12)23-9-24-16/h5-6H,4,7-9H2,1-3H3,(H2,19,20,21).